The first-order valence-electron chi connectivity index (χ1n) is 9.81. The number of benzene rings is 1. The van der Waals surface area contributed by atoms with Crippen molar-refractivity contribution < 1.29 is 14.4 Å². The van der Waals surface area contributed by atoms with Crippen molar-refractivity contribution in [3.63, 3.8) is 0 Å². The van der Waals surface area contributed by atoms with Gasteiger partial charge < -0.3 is 4.90 Å². The number of hydrogen-bond donors (Lipinski definition) is 0. The van der Waals surface area contributed by atoms with Crippen LogP contribution in [0.4, 0.5) is 0 Å². The first-order valence-corrected chi connectivity index (χ1v) is 10.6. The zero-order valence-electron chi connectivity index (χ0n) is 16.6. The molecule has 0 radical (unpaired) electrons. The molecular weight excluding hydrogens is 420 g/mol. The van der Waals surface area contributed by atoms with E-state index in [4.69, 9.17) is 0 Å². The highest BCUT2D eigenvalue weighted by atomic mass is 79.9. The Hall–Kier alpha value is -1.95. The summed E-state index contributed by atoms with van der Waals surface area (Å²) >= 11 is 3.51. The molecule has 6 heteroatoms. The molecule has 3 amide bonds. The lowest BCUT2D eigenvalue weighted by molar-refractivity contribution is -0.152. The number of fused-ring (bicyclic) bond motifs is 1. The van der Waals surface area contributed by atoms with Gasteiger partial charge >= 0.3 is 0 Å². The maximum atomic E-state index is 13.3. The molecule has 3 unspecified atom stereocenters. The molecule has 1 aromatic rings. The van der Waals surface area contributed by atoms with E-state index >= 15 is 0 Å². The van der Waals surface area contributed by atoms with Gasteiger partial charge in [0.2, 0.25) is 17.7 Å². The van der Waals surface area contributed by atoms with E-state index in [-0.39, 0.29) is 35.5 Å². The molecule has 2 aliphatic rings. The van der Waals surface area contributed by atoms with Gasteiger partial charge in [0.15, 0.2) is 0 Å². The van der Waals surface area contributed by atoms with Crippen molar-refractivity contribution in [3.8, 4) is 0 Å². The van der Waals surface area contributed by atoms with Crippen molar-refractivity contribution >= 4 is 33.7 Å². The van der Waals surface area contributed by atoms with Gasteiger partial charge in [-0.1, -0.05) is 60.1 Å². The van der Waals surface area contributed by atoms with Crippen LogP contribution < -0.4 is 0 Å². The summed E-state index contributed by atoms with van der Waals surface area (Å²) < 4.78 is 0.931. The molecule has 1 aromatic carbocycles. The van der Waals surface area contributed by atoms with Crippen molar-refractivity contribution in [1.29, 1.82) is 0 Å². The second-order valence-electron chi connectivity index (χ2n) is 8.13. The second kappa shape index (κ2) is 8.60. The number of allylic oxidation sites excluding steroid dienone is 2. The fourth-order valence-electron chi connectivity index (χ4n) is 4.11. The molecule has 1 saturated heterocycles. The summed E-state index contributed by atoms with van der Waals surface area (Å²) in [6, 6.07) is 7.00. The number of carbonyl (C=O) groups is 3. The quantitative estimate of drug-likeness (QED) is 0.493. The summed E-state index contributed by atoms with van der Waals surface area (Å²) in [5.41, 5.74) is 0.985. The van der Waals surface area contributed by atoms with E-state index in [1.165, 1.54) is 4.90 Å². The molecule has 150 valence electrons. The average molecular weight is 447 g/mol. The summed E-state index contributed by atoms with van der Waals surface area (Å²) in [6.45, 7) is 4.43. The zero-order chi connectivity index (χ0) is 20.4. The maximum Gasteiger partial charge on any atom is 0.245 e. The van der Waals surface area contributed by atoms with Crippen molar-refractivity contribution in [1.82, 2.24) is 9.80 Å². The Kier molecular flexibility index (Phi) is 6.38. The Labute approximate surface area is 174 Å². The molecule has 0 saturated carbocycles. The van der Waals surface area contributed by atoms with Gasteiger partial charge in [0.05, 0.1) is 11.8 Å². The predicted octanol–water partition coefficient (Wildman–Crippen LogP) is 3.77. The van der Waals surface area contributed by atoms with E-state index in [0.717, 1.165) is 10.0 Å². The minimum absolute atomic E-state index is 0.183. The fourth-order valence-corrected chi connectivity index (χ4v) is 4.52. The van der Waals surface area contributed by atoms with E-state index in [2.05, 4.69) is 15.9 Å². The highest BCUT2D eigenvalue weighted by Gasteiger charge is 2.51. The lowest BCUT2D eigenvalue weighted by atomic mass is 9.85. The van der Waals surface area contributed by atoms with Gasteiger partial charge in [-0.25, -0.2) is 0 Å². The van der Waals surface area contributed by atoms with Crippen molar-refractivity contribution in [2.24, 2.45) is 17.8 Å². The van der Waals surface area contributed by atoms with Crippen molar-refractivity contribution in [2.45, 2.75) is 45.7 Å². The molecular formula is C22H27BrN2O3. The molecule has 28 heavy (non-hydrogen) atoms. The SMILES string of the molecule is CC(C)CC(C(=O)N(C)Cc1ccccc1Br)N1C(=O)C2CC=CCC2C1=O. The second-order valence-corrected chi connectivity index (χ2v) is 8.99. The molecule has 1 fully saturated rings. The molecule has 1 aliphatic heterocycles. The number of amides is 3. The fraction of sp³-hybridized carbons (Fsp3) is 0.500. The van der Waals surface area contributed by atoms with E-state index in [1.807, 2.05) is 50.3 Å². The molecule has 0 aromatic heterocycles. The zero-order valence-corrected chi connectivity index (χ0v) is 18.2. The van der Waals surface area contributed by atoms with Crippen LogP contribution in [0, 0.1) is 17.8 Å². The summed E-state index contributed by atoms with van der Waals surface area (Å²) in [7, 11) is 1.73. The first kappa shape index (κ1) is 20.8. The van der Waals surface area contributed by atoms with E-state index in [1.54, 1.807) is 11.9 Å². The van der Waals surface area contributed by atoms with Gasteiger partial charge in [0, 0.05) is 18.1 Å². The van der Waals surface area contributed by atoms with Crippen LogP contribution >= 0.6 is 15.9 Å². The molecule has 3 rings (SSSR count). The highest BCUT2D eigenvalue weighted by Crippen LogP contribution is 2.37. The maximum absolute atomic E-state index is 13.3. The molecule has 0 bridgehead atoms. The highest BCUT2D eigenvalue weighted by molar-refractivity contribution is 9.10. The van der Waals surface area contributed by atoms with E-state index in [9.17, 15) is 14.4 Å². The van der Waals surface area contributed by atoms with Gasteiger partial charge in [-0.05, 0) is 36.8 Å². The molecule has 1 aliphatic carbocycles. The van der Waals surface area contributed by atoms with Crippen molar-refractivity contribution in [3.05, 3.63) is 46.5 Å². The summed E-state index contributed by atoms with van der Waals surface area (Å²) in [6.07, 6.45) is 5.58. The Bertz CT molecular complexity index is 779. The van der Waals surface area contributed by atoms with Crippen LogP contribution in [0.15, 0.2) is 40.9 Å². The van der Waals surface area contributed by atoms with Crippen LogP contribution in [0.3, 0.4) is 0 Å². The molecule has 0 spiro atoms. The third-order valence-corrected chi connectivity index (χ3v) is 6.35. The Morgan fingerprint density at radius 2 is 1.71 bits per heavy atom. The van der Waals surface area contributed by atoms with Crippen LogP contribution in [-0.4, -0.2) is 40.6 Å². The molecule has 5 nitrogen and oxygen atoms in total. The minimum Gasteiger partial charge on any atom is -0.340 e. The summed E-state index contributed by atoms with van der Waals surface area (Å²) in [4.78, 5) is 42.2. The normalized spacial score (nSPS) is 22.5. The average Bonchev–Trinajstić information content (AvgIpc) is 2.92. The molecule has 0 N–H and O–H groups in total. The van der Waals surface area contributed by atoms with Gasteiger partial charge in [-0.15, -0.1) is 0 Å². The monoisotopic (exact) mass is 446 g/mol. The summed E-state index contributed by atoms with van der Waals surface area (Å²) in [5.74, 6) is -0.993. The Morgan fingerprint density at radius 3 is 2.25 bits per heavy atom. The minimum atomic E-state index is -0.738. The topological polar surface area (TPSA) is 57.7 Å². The predicted molar refractivity (Wildman–Crippen MR) is 111 cm³/mol. The van der Waals surface area contributed by atoms with Crippen LogP contribution in [0.2, 0.25) is 0 Å². The third-order valence-electron chi connectivity index (χ3n) is 5.57. The Balaban J connectivity index is 1.83. The van der Waals surface area contributed by atoms with Crippen LogP contribution in [-0.2, 0) is 20.9 Å². The van der Waals surface area contributed by atoms with Crippen LogP contribution in [0.1, 0.15) is 38.7 Å². The third kappa shape index (κ3) is 4.07. The van der Waals surface area contributed by atoms with Crippen LogP contribution in [0.25, 0.3) is 0 Å². The number of rotatable bonds is 6. The number of imide groups is 1. The number of carbonyl (C=O) groups excluding carboxylic acids is 3. The number of halogens is 1. The lowest BCUT2D eigenvalue weighted by Gasteiger charge is -2.31. The Morgan fingerprint density at radius 1 is 1.14 bits per heavy atom. The number of likely N-dealkylation sites (tertiary alicyclic amines) is 1. The largest absolute Gasteiger partial charge is 0.340 e. The van der Waals surface area contributed by atoms with Gasteiger partial charge in [0.1, 0.15) is 6.04 Å². The molecule has 3 atom stereocenters. The van der Waals surface area contributed by atoms with Crippen molar-refractivity contribution in [2.75, 3.05) is 7.05 Å². The number of likely N-dealkylation sites (N-methyl/N-ethyl adjacent to an activating group) is 1. The van der Waals surface area contributed by atoms with E-state index in [0.29, 0.717) is 25.8 Å². The van der Waals surface area contributed by atoms with Gasteiger partial charge in [0.25, 0.3) is 0 Å². The van der Waals surface area contributed by atoms with Gasteiger partial charge in [-0.3, -0.25) is 19.3 Å². The smallest absolute Gasteiger partial charge is 0.245 e. The molecule has 1 heterocycles. The number of nitrogens with zero attached hydrogens (tertiary/aromatic N) is 2. The van der Waals surface area contributed by atoms with E-state index < -0.39 is 6.04 Å². The summed E-state index contributed by atoms with van der Waals surface area (Å²) in [5, 5.41) is 0. The standard InChI is InChI=1S/C22H27BrN2O3/c1-14(2)12-19(22(28)24(3)13-15-8-4-7-11-18(15)23)25-20(26)16-9-5-6-10-17(16)21(25)27/h4-8,11,14,16-17,19H,9-10,12-13H2,1-3H3. The lowest BCUT2D eigenvalue weighted by Crippen LogP contribution is -2.50. The first-order chi connectivity index (χ1) is 13.3. The van der Waals surface area contributed by atoms with Gasteiger partial charge in [-0.2, -0.15) is 0 Å². The van der Waals surface area contributed by atoms with Crippen LogP contribution in [0.5, 0.6) is 0 Å². The number of hydrogen-bond acceptors (Lipinski definition) is 3.